The highest BCUT2D eigenvalue weighted by Crippen LogP contribution is 2.44. The van der Waals surface area contributed by atoms with Gasteiger partial charge in [-0.05, 0) is 17.4 Å². The molecule has 2 aromatic rings. The van der Waals surface area contributed by atoms with Crippen LogP contribution in [0.3, 0.4) is 0 Å². The average Bonchev–Trinajstić information content (AvgIpc) is 2.46. The monoisotopic (exact) mass is 289 g/mol. The van der Waals surface area contributed by atoms with E-state index in [0.717, 1.165) is 28.4 Å². The Morgan fingerprint density at radius 2 is 2.10 bits per heavy atom. The van der Waals surface area contributed by atoms with Gasteiger partial charge in [-0.3, -0.25) is 4.79 Å². The molecule has 2 aromatic carbocycles. The fraction of sp³-hybridized carbons (Fsp3) is 0.312. The average molecular weight is 290 g/mol. The van der Waals surface area contributed by atoms with Crippen molar-refractivity contribution in [1.29, 1.82) is 0 Å². The van der Waals surface area contributed by atoms with Crippen LogP contribution in [0.2, 0.25) is 0 Å². The minimum absolute atomic E-state index is 0.00560. The topological polar surface area (TPSA) is 40.5 Å². The maximum atomic E-state index is 11.8. The van der Waals surface area contributed by atoms with Gasteiger partial charge in [0.05, 0.1) is 5.69 Å². The number of halogens is 1. The van der Waals surface area contributed by atoms with Gasteiger partial charge in [0.25, 0.3) is 0 Å². The number of aromatic hydroxyl groups is 1. The Labute approximate surface area is 122 Å². The minimum Gasteiger partial charge on any atom is -0.507 e. The molecule has 1 N–H and O–H groups in total. The molecule has 0 saturated heterocycles. The Kier molecular flexibility index (Phi) is 3.30. The molecular weight excluding hydrogens is 274 g/mol. The Morgan fingerprint density at radius 1 is 1.40 bits per heavy atom. The molecule has 1 aliphatic heterocycles. The molecule has 1 atom stereocenters. The number of carbonyl (C=O) groups is 1. The summed E-state index contributed by atoms with van der Waals surface area (Å²) in [5, 5.41) is 12.0. The SMILES string of the molecule is CC(=O)N1CCC(CCl)c2c1cc(O)c1ccccc21. The maximum Gasteiger partial charge on any atom is 0.223 e. The lowest BCUT2D eigenvalue weighted by Crippen LogP contribution is -2.35. The number of amides is 1. The van der Waals surface area contributed by atoms with Crippen LogP contribution in [-0.2, 0) is 4.79 Å². The highest BCUT2D eigenvalue weighted by Gasteiger charge is 2.29. The van der Waals surface area contributed by atoms with E-state index in [2.05, 4.69) is 0 Å². The minimum atomic E-state index is -0.00560. The predicted octanol–water partition coefficient (Wildman–Crippen LogP) is 3.62. The van der Waals surface area contributed by atoms with Crippen LogP contribution >= 0.6 is 11.6 Å². The van der Waals surface area contributed by atoms with Crippen molar-refractivity contribution in [1.82, 2.24) is 0 Å². The first-order valence-electron chi connectivity index (χ1n) is 6.72. The lowest BCUT2D eigenvalue weighted by Gasteiger charge is -2.34. The second-order valence-electron chi connectivity index (χ2n) is 5.18. The van der Waals surface area contributed by atoms with Crippen LogP contribution in [0, 0.1) is 0 Å². The number of nitrogens with zero attached hydrogens (tertiary/aromatic N) is 1. The van der Waals surface area contributed by atoms with E-state index in [1.54, 1.807) is 17.9 Å². The summed E-state index contributed by atoms with van der Waals surface area (Å²) in [7, 11) is 0. The van der Waals surface area contributed by atoms with E-state index in [1.165, 1.54) is 0 Å². The Morgan fingerprint density at radius 3 is 2.75 bits per heavy atom. The van der Waals surface area contributed by atoms with Gasteiger partial charge in [0.2, 0.25) is 5.91 Å². The number of phenolic OH excluding ortho intramolecular Hbond substituents is 1. The molecule has 104 valence electrons. The lowest BCUT2D eigenvalue weighted by atomic mass is 9.86. The Hall–Kier alpha value is -1.74. The van der Waals surface area contributed by atoms with Crippen LogP contribution in [-0.4, -0.2) is 23.4 Å². The Balaban J connectivity index is 2.35. The van der Waals surface area contributed by atoms with E-state index >= 15 is 0 Å². The van der Waals surface area contributed by atoms with Crippen LogP contribution in [0.5, 0.6) is 5.75 Å². The predicted molar refractivity (Wildman–Crippen MR) is 81.7 cm³/mol. The fourth-order valence-electron chi connectivity index (χ4n) is 3.05. The summed E-state index contributed by atoms with van der Waals surface area (Å²) in [5.74, 6) is 0.940. The quantitative estimate of drug-likeness (QED) is 0.815. The molecule has 0 saturated carbocycles. The molecule has 0 spiro atoms. The molecule has 3 rings (SSSR count). The van der Waals surface area contributed by atoms with Crippen LogP contribution in [0.4, 0.5) is 5.69 Å². The van der Waals surface area contributed by atoms with Crippen molar-refractivity contribution in [2.24, 2.45) is 0 Å². The number of rotatable bonds is 1. The van der Waals surface area contributed by atoms with Gasteiger partial charge in [-0.15, -0.1) is 11.6 Å². The van der Waals surface area contributed by atoms with E-state index in [-0.39, 0.29) is 17.6 Å². The van der Waals surface area contributed by atoms with Crippen LogP contribution in [0.25, 0.3) is 10.8 Å². The molecule has 0 aliphatic carbocycles. The normalized spacial score (nSPS) is 18.1. The van der Waals surface area contributed by atoms with Crippen molar-refractivity contribution in [2.75, 3.05) is 17.3 Å². The molecular formula is C16H16ClNO2. The number of carbonyl (C=O) groups excluding carboxylic acids is 1. The van der Waals surface area contributed by atoms with Crippen LogP contribution in [0.1, 0.15) is 24.8 Å². The summed E-state index contributed by atoms with van der Waals surface area (Å²) in [5.41, 5.74) is 1.88. The number of hydrogen-bond donors (Lipinski definition) is 1. The number of fused-ring (bicyclic) bond motifs is 3. The molecule has 0 bridgehead atoms. The van der Waals surface area contributed by atoms with E-state index in [1.807, 2.05) is 24.3 Å². The zero-order valence-corrected chi connectivity index (χ0v) is 12.0. The molecule has 0 fully saturated rings. The third-order valence-corrected chi connectivity index (χ3v) is 4.38. The highest BCUT2D eigenvalue weighted by atomic mass is 35.5. The van der Waals surface area contributed by atoms with Gasteiger partial charge in [-0.2, -0.15) is 0 Å². The molecule has 1 heterocycles. The first kappa shape index (κ1) is 13.3. The molecule has 3 nitrogen and oxygen atoms in total. The van der Waals surface area contributed by atoms with Gasteiger partial charge < -0.3 is 10.0 Å². The van der Waals surface area contributed by atoms with Crippen molar-refractivity contribution in [2.45, 2.75) is 19.3 Å². The van der Waals surface area contributed by atoms with Gasteiger partial charge in [-0.25, -0.2) is 0 Å². The second kappa shape index (κ2) is 4.98. The standard InChI is InChI=1S/C16H16ClNO2/c1-10(19)18-7-6-11(9-17)16-13-5-3-2-4-12(13)15(20)8-14(16)18/h2-5,8,11,20H,6-7,9H2,1H3. The summed E-state index contributed by atoms with van der Waals surface area (Å²) >= 11 is 6.11. The number of benzene rings is 2. The third-order valence-electron chi connectivity index (χ3n) is 4.01. The molecule has 1 aliphatic rings. The fourth-order valence-corrected chi connectivity index (χ4v) is 3.36. The largest absolute Gasteiger partial charge is 0.507 e. The van der Waals surface area contributed by atoms with Crippen LogP contribution < -0.4 is 4.90 Å². The van der Waals surface area contributed by atoms with Gasteiger partial charge in [0.15, 0.2) is 0 Å². The molecule has 0 aromatic heterocycles. The molecule has 0 radical (unpaired) electrons. The van der Waals surface area contributed by atoms with E-state index in [0.29, 0.717) is 12.4 Å². The number of hydrogen-bond acceptors (Lipinski definition) is 2. The number of phenols is 1. The van der Waals surface area contributed by atoms with Crippen molar-refractivity contribution in [3.8, 4) is 5.75 Å². The zero-order valence-electron chi connectivity index (χ0n) is 11.3. The molecule has 20 heavy (non-hydrogen) atoms. The second-order valence-corrected chi connectivity index (χ2v) is 5.49. The van der Waals surface area contributed by atoms with Crippen molar-refractivity contribution in [3.05, 3.63) is 35.9 Å². The summed E-state index contributed by atoms with van der Waals surface area (Å²) in [6.45, 7) is 2.20. The third kappa shape index (κ3) is 1.93. The molecule has 4 heteroatoms. The zero-order chi connectivity index (χ0) is 14.3. The maximum absolute atomic E-state index is 11.8. The first-order chi connectivity index (χ1) is 9.63. The van der Waals surface area contributed by atoms with Crippen LogP contribution in [0.15, 0.2) is 30.3 Å². The van der Waals surface area contributed by atoms with Gasteiger partial charge >= 0.3 is 0 Å². The smallest absolute Gasteiger partial charge is 0.223 e. The van der Waals surface area contributed by atoms with Crippen molar-refractivity contribution in [3.63, 3.8) is 0 Å². The summed E-state index contributed by atoms with van der Waals surface area (Å²) < 4.78 is 0. The molecule has 1 unspecified atom stereocenters. The van der Waals surface area contributed by atoms with E-state index < -0.39 is 0 Å². The number of anilines is 1. The number of alkyl halides is 1. The lowest BCUT2D eigenvalue weighted by molar-refractivity contribution is -0.116. The summed E-state index contributed by atoms with van der Waals surface area (Å²) in [4.78, 5) is 13.5. The van der Waals surface area contributed by atoms with Gasteiger partial charge in [0.1, 0.15) is 5.75 Å². The van der Waals surface area contributed by atoms with Crippen molar-refractivity contribution >= 4 is 34.0 Å². The molecule has 1 amide bonds. The van der Waals surface area contributed by atoms with Gasteiger partial charge in [0, 0.05) is 36.7 Å². The van der Waals surface area contributed by atoms with E-state index in [4.69, 9.17) is 11.6 Å². The van der Waals surface area contributed by atoms with Crippen molar-refractivity contribution < 1.29 is 9.90 Å². The summed E-state index contributed by atoms with van der Waals surface area (Å²) in [6.07, 6.45) is 0.852. The van der Waals surface area contributed by atoms with E-state index in [9.17, 15) is 9.90 Å². The van der Waals surface area contributed by atoms with Gasteiger partial charge in [-0.1, -0.05) is 24.3 Å². The summed E-state index contributed by atoms with van der Waals surface area (Å²) in [6, 6.07) is 9.41. The first-order valence-corrected chi connectivity index (χ1v) is 7.25. The Bertz CT molecular complexity index is 683. The highest BCUT2D eigenvalue weighted by molar-refractivity contribution is 6.18.